The molecule has 4 heteroatoms. The standard InChI is InChI=1S/C32H29NO3/c1-32(2)21-28-26(29(34)22-32)20-27(33(28)25-16-10-5-11-17-25)31(24-14-8-4-9-15-24)36-30(35)19-18-23-12-6-3-7-13-23/h3-20,31H,21-22H2,1-2H3. The number of aromatic nitrogens is 1. The lowest BCUT2D eigenvalue weighted by Crippen LogP contribution is -2.28. The van der Waals surface area contributed by atoms with Gasteiger partial charge in [0.05, 0.1) is 5.69 Å². The van der Waals surface area contributed by atoms with Crippen molar-refractivity contribution in [2.45, 2.75) is 32.8 Å². The van der Waals surface area contributed by atoms with Crippen LogP contribution in [0, 0.1) is 5.41 Å². The van der Waals surface area contributed by atoms with Gasteiger partial charge in [0.1, 0.15) is 0 Å². The molecule has 0 saturated carbocycles. The second-order valence-corrected chi connectivity index (χ2v) is 10.0. The Labute approximate surface area is 211 Å². The largest absolute Gasteiger partial charge is 0.448 e. The minimum Gasteiger partial charge on any atom is -0.448 e. The molecule has 5 rings (SSSR count). The number of hydrogen-bond donors (Lipinski definition) is 0. The number of ketones is 1. The molecule has 0 aliphatic heterocycles. The molecule has 0 fully saturated rings. The molecule has 0 spiro atoms. The van der Waals surface area contributed by atoms with Crippen molar-refractivity contribution in [2.24, 2.45) is 5.41 Å². The first kappa shape index (κ1) is 23.6. The van der Waals surface area contributed by atoms with Gasteiger partial charge in [-0.3, -0.25) is 4.79 Å². The summed E-state index contributed by atoms with van der Waals surface area (Å²) < 4.78 is 8.22. The van der Waals surface area contributed by atoms with Gasteiger partial charge in [-0.2, -0.15) is 0 Å². The topological polar surface area (TPSA) is 48.3 Å². The van der Waals surface area contributed by atoms with Crippen molar-refractivity contribution in [3.05, 3.63) is 131 Å². The van der Waals surface area contributed by atoms with E-state index in [0.717, 1.165) is 34.6 Å². The number of para-hydroxylation sites is 1. The zero-order valence-corrected chi connectivity index (χ0v) is 20.6. The molecule has 0 bridgehead atoms. The molecule has 36 heavy (non-hydrogen) atoms. The van der Waals surface area contributed by atoms with Crippen molar-refractivity contribution >= 4 is 17.8 Å². The van der Waals surface area contributed by atoms with Gasteiger partial charge in [0.2, 0.25) is 0 Å². The average Bonchev–Trinajstić information content (AvgIpc) is 3.26. The normalized spacial score (nSPS) is 15.4. The molecule has 1 aromatic heterocycles. The first-order chi connectivity index (χ1) is 17.4. The molecule has 180 valence electrons. The van der Waals surface area contributed by atoms with E-state index in [1.807, 2.05) is 97.1 Å². The van der Waals surface area contributed by atoms with Crippen LogP contribution in [0.5, 0.6) is 0 Å². The summed E-state index contributed by atoms with van der Waals surface area (Å²) in [5.41, 5.74) is 5.00. The van der Waals surface area contributed by atoms with Crippen LogP contribution in [0.15, 0.2) is 103 Å². The second kappa shape index (κ2) is 9.82. The summed E-state index contributed by atoms with van der Waals surface area (Å²) in [4.78, 5) is 26.3. The lowest BCUT2D eigenvalue weighted by Gasteiger charge is -2.30. The highest BCUT2D eigenvalue weighted by molar-refractivity contribution is 5.99. The van der Waals surface area contributed by atoms with Crippen LogP contribution in [0.4, 0.5) is 0 Å². The Balaban J connectivity index is 1.62. The van der Waals surface area contributed by atoms with E-state index in [2.05, 4.69) is 18.4 Å². The molecule has 0 radical (unpaired) electrons. The summed E-state index contributed by atoms with van der Waals surface area (Å²) in [6, 6.07) is 31.2. The molecule has 1 atom stereocenters. The molecule has 1 heterocycles. The van der Waals surface area contributed by atoms with E-state index in [1.165, 1.54) is 6.08 Å². The Hall–Kier alpha value is -4.18. The van der Waals surface area contributed by atoms with Gasteiger partial charge in [-0.25, -0.2) is 4.79 Å². The number of hydrogen-bond acceptors (Lipinski definition) is 3. The summed E-state index contributed by atoms with van der Waals surface area (Å²) in [6.45, 7) is 4.25. The quantitative estimate of drug-likeness (QED) is 0.223. The maximum atomic E-state index is 13.2. The summed E-state index contributed by atoms with van der Waals surface area (Å²) in [5.74, 6) is -0.322. The zero-order chi connectivity index (χ0) is 25.1. The highest BCUT2D eigenvalue weighted by atomic mass is 16.5. The van der Waals surface area contributed by atoms with E-state index in [0.29, 0.717) is 12.0 Å². The Morgan fingerprint density at radius 1 is 0.889 bits per heavy atom. The maximum Gasteiger partial charge on any atom is 0.331 e. The van der Waals surface area contributed by atoms with Gasteiger partial charge in [-0.1, -0.05) is 92.7 Å². The second-order valence-electron chi connectivity index (χ2n) is 10.0. The van der Waals surface area contributed by atoms with Gasteiger partial charge in [-0.15, -0.1) is 0 Å². The predicted molar refractivity (Wildman–Crippen MR) is 142 cm³/mol. The van der Waals surface area contributed by atoms with Gasteiger partial charge in [-0.05, 0) is 47.2 Å². The molecule has 4 nitrogen and oxygen atoms in total. The first-order valence-corrected chi connectivity index (χ1v) is 12.2. The zero-order valence-electron chi connectivity index (χ0n) is 20.6. The van der Waals surface area contributed by atoms with Crippen LogP contribution in [0.3, 0.4) is 0 Å². The molecular formula is C32H29NO3. The summed E-state index contributed by atoms with van der Waals surface area (Å²) in [7, 11) is 0. The van der Waals surface area contributed by atoms with Crippen LogP contribution in [0.1, 0.15) is 59.2 Å². The summed E-state index contributed by atoms with van der Waals surface area (Å²) in [6.07, 6.45) is 3.77. The monoisotopic (exact) mass is 475 g/mol. The van der Waals surface area contributed by atoms with Gasteiger partial charge < -0.3 is 9.30 Å². The molecule has 1 aliphatic carbocycles. The molecular weight excluding hydrogens is 446 g/mol. The molecule has 1 aliphatic rings. The summed E-state index contributed by atoms with van der Waals surface area (Å²) >= 11 is 0. The molecule has 0 saturated heterocycles. The number of carbonyl (C=O) groups is 2. The fourth-order valence-electron chi connectivity index (χ4n) is 4.92. The first-order valence-electron chi connectivity index (χ1n) is 12.2. The molecule has 0 amide bonds. The number of carbonyl (C=O) groups excluding carboxylic acids is 2. The van der Waals surface area contributed by atoms with Crippen LogP contribution >= 0.6 is 0 Å². The number of ether oxygens (including phenoxy) is 1. The highest BCUT2D eigenvalue weighted by Crippen LogP contribution is 2.40. The molecule has 1 unspecified atom stereocenters. The third kappa shape index (κ3) is 4.94. The maximum absolute atomic E-state index is 13.2. The molecule has 3 aromatic carbocycles. The van der Waals surface area contributed by atoms with Crippen molar-refractivity contribution in [1.29, 1.82) is 0 Å². The average molecular weight is 476 g/mol. The Kier molecular flexibility index (Phi) is 6.43. The van der Waals surface area contributed by atoms with E-state index in [4.69, 9.17) is 4.74 Å². The van der Waals surface area contributed by atoms with E-state index < -0.39 is 12.1 Å². The number of rotatable bonds is 6. The van der Waals surface area contributed by atoms with Crippen molar-refractivity contribution in [3.8, 4) is 5.69 Å². The fraction of sp³-hybridized carbons (Fsp3) is 0.188. The number of fused-ring (bicyclic) bond motifs is 1. The van der Waals surface area contributed by atoms with E-state index in [-0.39, 0.29) is 11.2 Å². The van der Waals surface area contributed by atoms with Crippen LogP contribution in [-0.4, -0.2) is 16.3 Å². The third-order valence-electron chi connectivity index (χ3n) is 6.55. The molecule has 0 N–H and O–H groups in total. The van der Waals surface area contributed by atoms with Crippen molar-refractivity contribution < 1.29 is 14.3 Å². The van der Waals surface area contributed by atoms with Crippen molar-refractivity contribution in [2.75, 3.05) is 0 Å². The smallest absolute Gasteiger partial charge is 0.331 e. The van der Waals surface area contributed by atoms with Crippen LogP contribution in [0.25, 0.3) is 11.8 Å². The van der Waals surface area contributed by atoms with Gasteiger partial charge in [0.15, 0.2) is 11.9 Å². The Bertz CT molecular complexity index is 1400. The van der Waals surface area contributed by atoms with Gasteiger partial charge in [0.25, 0.3) is 0 Å². The third-order valence-corrected chi connectivity index (χ3v) is 6.55. The van der Waals surface area contributed by atoms with Crippen LogP contribution in [-0.2, 0) is 16.0 Å². The lowest BCUT2D eigenvalue weighted by molar-refractivity contribution is -0.141. The number of nitrogens with zero attached hydrogens (tertiary/aromatic N) is 1. The fourth-order valence-corrected chi connectivity index (χ4v) is 4.92. The number of Topliss-reactive ketones (excluding diaryl/α,β-unsaturated/α-hetero) is 1. The predicted octanol–water partition coefficient (Wildman–Crippen LogP) is 6.98. The van der Waals surface area contributed by atoms with Gasteiger partial charge >= 0.3 is 5.97 Å². The minimum atomic E-state index is -0.680. The summed E-state index contributed by atoms with van der Waals surface area (Å²) in [5, 5.41) is 0. The van der Waals surface area contributed by atoms with Crippen molar-refractivity contribution in [3.63, 3.8) is 0 Å². The van der Waals surface area contributed by atoms with E-state index in [1.54, 1.807) is 6.08 Å². The number of benzene rings is 3. The van der Waals surface area contributed by atoms with Crippen LogP contribution in [0.2, 0.25) is 0 Å². The SMILES string of the molecule is CC1(C)CC(=O)c2cc(C(OC(=O)C=Cc3ccccc3)c3ccccc3)n(-c3ccccc3)c2C1. The lowest BCUT2D eigenvalue weighted by atomic mass is 9.76. The van der Waals surface area contributed by atoms with Gasteiger partial charge in [0, 0.05) is 29.4 Å². The minimum absolute atomic E-state index is 0.124. The molecule has 4 aromatic rings. The highest BCUT2D eigenvalue weighted by Gasteiger charge is 2.36. The Morgan fingerprint density at radius 2 is 1.50 bits per heavy atom. The van der Waals surface area contributed by atoms with E-state index in [9.17, 15) is 9.59 Å². The van der Waals surface area contributed by atoms with E-state index >= 15 is 0 Å². The van der Waals surface area contributed by atoms with Crippen molar-refractivity contribution in [1.82, 2.24) is 4.57 Å². The Morgan fingerprint density at radius 3 is 2.17 bits per heavy atom. The number of esters is 1. The van der Waals surface area contributed by atoms with Crippen LogP contribution < -0.4 is 0 Å².